The summed E-state index contributed by atoms with van der Waals surface area (Å²) < 4.78 is 6.81. The third kappa shape index (κ3) is 5.38. The zero-order chi connectivity index (χ0) is 24.9. The minimum atomic E-state index is -0.456. The molecule has 3 heterocycles. The van der Waals surface area contributed by atoms with Crippen molar-refractivity contribution in [2.75, 3.05) is 32.8 Å². The highest BCUT2D eigenvalue weighted by Crippen LogP contribution is 2.33. The number of aryl methyl sites for hydroxylation is 2. The van der Waals surface area contributed by atoms with Gasteiger partial charge in [-0.25, -0.2) is 4.79 Å². The van der Waals surface area contributed by atoms with Crippen molar-refractivity contribution in [1.82, 2.24) is 19.4 Å². The molecule has 8 heteroatoms. The lowest BCUT2D eigenvalue weighted by atomic mass is 9.95. The van der Waals surface area contributed by atoms with E-state index in [4.69, 9.17) is 4.74 Å². The molecule has 35 heavy (non-hydrogen) atoms. The smallest absolute Gasteiger partial charge is 0.409 e. The molecular formula is C27H32N4O4. The van der Waals surface area contributed by atoms with Gasteiger partial charge in [0.25, 0.3) is 5.56 Å². The van der Waals surface area contributed by atoms with Crippen molar-refractivity contribution in [2.45, 2.75) is 33.4 Å². The first kappa shape index (κ1) is 24.5. The molecule has 2 aromatic heterocycles. The molecule has 1 aliphatic rings. The number of benzene rings is 1. The van der Waals surface area contributed by atoms with Gasteiger partial charge < -0.3 is 19.3 Å². The maximum Gasteiger partial charge on any atom is 0.409 e. The monoisotopic (exact) mass is 476 g/mol. The summed E-state index contributed by atoms with van der Waals surface area (Å²) in [5.41, 5.74) is 3.55. The normalized spacial score (nSPS) is 15.1. The van der Waals surface area contributed by atoms with Gasteiger partial charge in [0.1, 0.15) is 5.75 Å². The van der Waals surface area contributed by atoms with Crippen molar-refractivity contribution in [3.05, 3.63) is 93.2 Å². The predicted octanol–water partition coefficient (Wildman–Crippen LogP) is 3.48. The van der Waals surface area contributed by atoms with Gasteiger partial charge >= 0.3 is 6.09 Å². The van der Waals surface area contributed by atoms with Crippen molar-refractivity contribution in [2.24, 2.45) is 0 Å². The van der Waals surface area contributed by atoms with Gasteiger partial charge in [0.15, 0.2) is 0 Å². The first-order valence-electron chi connectivity index (χ1n) is 11.9. The maximum atomic E-state index is 13.9. The Morgan fingerprint density at radius 3 is 2.43 bits per heavy atom. The number of aromatic hydroxyl groups is 1. The van der Waals surface area contributed by atoms with Gasteiger partial charge in [-0.15, -0.1) is 0 Å². The number of rotatable bonds is 6. The van der Waals surface area contributed by atoms with E-state index < -0.39 is 6.04 Å². The Bertz CT molecular complexity index is 1220. The maximum absolute atomic E-state index is 13.9. The van der Waals surface area contributed by atoms with Crippen molar-refractivity contribution in [1.29, 1.82) is 0 Å². The number of pyridine rings is 2. The highest BCUT2D eigenvalue weighted by molar-refractivity contribution is 5.67. The number of nitrogens with zero attached hydrogens (tertiary/aromatic N) is 4. The number of ether oxygens (including phenoxy) is 1. The fraction of sp³-hybridized carbons (Fsp3) is 0.370. The molecule has 8 nitrogen and oxygen atoms in total. The molecule has 0 saturated carbocycles. The van der Waals surface area contributed by atoms with E-state index in [1.165, 1.54) is 0 Å². The molecule has 3 aromatic rings. The van der Waals surface area contributed by atoms with Crippen LogP contribution in [0.5, 0.6) is 5.75 Å². The van der Waals surface area contributed by atoms with Gasteiger partial charge in [-0.2, -0.15) is 0 Å². The number of aromatic nitrogens is 2. The zero-order valence-electron chi connectivity index (χ0n) is 20.5. The van der Waals surface area contributed by atoms with Crippen molar-refractivity contribution in [3.63, 3.8) is 0 Å². The number of carbonyl (C=O) groups is 1. The average Bonchev–Trinajstić information content (AvgIpc) is 2.86. The molecule has 0 aliphatic carbocycles. The van der Waals surface area contributed by atoms with Crippen LogP contribution in [0.3, 0.4) is 0 Å². The molecule has 0 unspecified atom stereocenters. The van der Waals surface area contributed by atoms with Crippen LogP contribution in [0.15, 0.2) is 59.5 Å². The van der Waals surface area contributed by atoms with Crippen LogP contribution < -0.4 is 5.56 Å². The first-order valence-corrected chi connectivity index (χ1v) is 11.9. The number of hydrogen-bond donors (Lipinski definition) is 1. The first-order chi connectivity index (χ1) is 16.9. The standard InChI is InChI=1S/C27H32N4O4/c1-4-35-27(34)30-15-13-29(14-16-30)25(21-10-8-19(2)9-11-21)24-23(32)17-20(3)31(26(24)33)18-22-7-5-6-12-28-22/h5-12,17,25,32H,4,13-16,18H2,1-3H3/t25-/m1/s1. The summed E-state index contributed by atoms with van der Waals surface area (Å²) in [5.74, 6) is -0.0248. The lowest BCUT2D eigenvalue weighted by molar-refractivity contribution is 0.0709. The van der Waals surface area contributed by atoms with Gasteiger partial charge in [0.05, 0.1) is 30.5 Å². The summed E-state index contributed by atoms with van der Waals surface area (Å²) in [6, 6.07) is 14.8. The highest BCUT2D eigenvalue weighted by atomic mass is 16.6. The van der Waals surface area contributed by atoms with Crippen LogP contribution in [-0.2, 0) is 11.3 Å². The Labute approximate surface area is 205 Å². The van der Waals surface area contributed by atoms with E-state index in [9.17, 15) is 14.7 Å². The molecule has 1 aromatic carbocycles. The largest absolute Gasteiger partial charge is 0.507 e. The Morgan fingerprint density at radius 1 is 1.09 bits per heavy atom. The third-order valence-electron chi connectivity index (χ3n) is 6.44. The minimum absolute atomic E-state index is 0.0248. The van der Waals surface area contributed by atoms with Crippen LogP contribution in [0.25, 0.3) is 0 Å². The zero-order valence-corrected chi connectivity index (χ0v) is 20.5. The quantitative estimate of drug-likeness (QED) is 0.586. The molecule has 1 fully saturated rings. The fourth-order valence-corrected chi connectivity index (χ4v) is 4.56. The second-order valence-corrected chi connectivity index (χ2v) is 8.83. The molecule has 1 N–H and O–H groups in total. The summed E-state index contributed by atoms with van der Waals surface area (Å²) >= 11 is 0. The Hall–Kier alpha value is -3.65. The fourth-order valence-electron chi connectivity index (χ4n) is 4.56. The minimum Gasteiger partial charge on any atom is -0.507 e. The number of carbonyl (C=O) groups excluding carboxylic acids is 1. The third-order valence-corrected chi connectivity index (χ3v) is 6.44. The van der Waals surface area contributed by atoms with E-state index in [0.717, 1.165) is 16.8 Å². The van der Waals surface area contributed by atoms with Gasteiger partial charge in [-0.3, -0.25) is 14.7 Å². The van der Waals surface area contributed by atoms with Crippen LogP contribution in [0.1, 0.15) is 41.0 Å². The Morgan fingerprint density at radius 2 is 1.80 bits per heavy atom. The molecule has 184 valence electrons. The summed E-state index contributed by atoms with van der Waals surface area (Å²) in [5, 5.41) is 11.0. The number of hydrogen-bond acceptors (Lipinski definition) is 6. The summed E-state index contributed by atoms with van der Waals surface area (Å²) in [6.45, 7) is 8.32. The predicted molar refractivity (Wildman–Crippen MR) is 134 cm³/mol. The van der Waals surface area contributed by atoms with Crippen LogP contribution in [0.2, 0.25) is 0 Å². The summed E-state index contributed by atoms with van der Waals surface area (Å²) in [6.07, 6.45) is 1.38. The van der Waals surface area contributed by atoms with E-state index >= 15 is 0 Å². The second kappa shape index (κ2) is 10.7. The molecule has 1 aliphatic heterocycles. The van der Waals surface area contributed by atoms with Gasteiger partial charge in [-0.05, 0) is 44.5 Å². The highest BCUT2D eigenvalue weighted by Gasteiger charge is 2.32. The van der Waals surface area contributed by atoms with Crippen molar-refractivity contribution in [3.8, 4) is 5.75 Å². The van der Waals surface area contributed by atoms with Crippen molar-refractivity contribution >= 4 is 6.09 Å². The molecule has 0 bridgehead atoms. The Kier molecular flexibility index (Phi) is 7.51. The molecule has 4 rings (SSSR count). The lowest BCUT2D eigenvalue weighted by Gasteiger charge is -2.39. The van der Waals surface area contributed by atoms with E-state index in [1.807, 2.05) is 56.3 Å². The average molecular weight is 477 g/mol. The molecule has 0 radical (unpaired) electrons. The van der Waals surface area contributed by atoms with Crippen LogP contribution in [0, 0.1) is 13.8 Å². The molecule has 1 atom stereocenters. The summed E-state index contributed by atoms with van der Waals surface area (Å²) in [7, 11) is 0. The molecule has 1 amide bonds. The van der Waals surface area contributed by atoms with Crippen molar-refractivity contribution < 1.29 is 14.6 Å². The van der Waals surface area contributed by atoms with E-state index in [1.54, 1.807) is 28.7 Å². The number of amides is 1. The van der Waals surface area contributed by atoms with Crippen LogP contribution in [0.4, 0.5) is 4.79 Å². The van der Waals surface area contributed by atoms with Gasteiger partial charge in [0, 0.05) is 38.1 Å². The Balaban J connectivity index is 1.74. The van der Waals surface area contributed by atoms with Gasteiger partial charge in [0.2, 0.25) is 0 Å². The van der Waals surface area contributed by atoms with E-state index in [2.05, 4.69) is 9.88 Å². The lowest BCUT2D eigenvalue weighted by Crippen LogP contribution is -2.50. The molecular weight excluding hydrogens is 444 g/mol. The van der Waals surface area contributed by atoms with E-state index in [-0.39, 0.29) is 17.4 Å². The second-order valence-electron chi connectivity index (χ2n) is 8.83. The summed E-state index contributed by atoms with van der Waals surface area (Å²) in [4.78, 5) is 34.3. The van der Waals surface area contributed by atoms with Crippen LogP contribution in [-0.4, -0.2) is 63.3 Å². The SMILES string of the molecule is CCOC(=O)N1CCN([C@H](c2ccc(C)cc2)c2c(O)cc(C)n(Cc3ccccn3)c2=O)CC1. The van der Waals surface area contributed by atoms with E-state index in [0.29, 0.717) is 50.6 Å². The molecule has 0 spiro atoms. The molecule has 1 saturated heterocycles. The van der Waals surface area contributed by atoms with Gasteiger partial charge in [-0.1, -0.05) is 35.9 Å². The topological polar surface area (TPSA) is 87.9 Å². The van der Waals surface area contributed by atoms with Crippen LogP contribution >= 0.6 is 0 Å². The number of piperazine rings is 1.